The number of hydrogen-bond donors (Lipinski definition) is 0. The first-order valence-corrected chi connectivity index (χ1v) is 10.0. The molecular weight excluding hydrogens is 399 g/mol. The van der Waals surface area contributed by atoms with Gasteiger partial charge in [0.1, 0.15) is 5.92 Å². The molecule has 1 aromatic carbocycles. The average Bonchev–Trinajstić information content (AvgIpc) is 3.13. The topological polar surface area (TPSA) is 59.7 Å². The Morgan fingerprint density at radius 1 is 1.25 bits per heavy atom. The molecule has 2 aromatic rings. The molecule has 0 spiro atoms. The second kappa shape index (κ2) is 9.07. The van der Waals surface area contributed by atoms with Gasteiger partial charge in [0.05, 0.1) is 28.9 Å². The first-order chi connectivity index (χ1) is 13.5. The summed E-state index contributed by atoms with van der Waals surface area (Å²) in [5.74, 6) is 0.252. The zero-order valence-electron chi connectivity index (χ0n) is 16.2. The van der Waals surface area contributed by atoms with E-state index in [0.29, 0.717) is 29.7 Å². The van der Waals surface area contributed by atoms with Crippen LogP contribution in [0.2, 0.25) is 10.0 Å². The number of aromatic nitrogens is 2. The van der Waals surface area contributed by atoms with E-state index < -0.39 is 5.92 Å². The van der Waals surface area contributed by atoms with E-state index in [0.717, 1.165) is 23.5 Å². The van der Waals surface area contributed by atoms with Crippen LogP contribution >= 0.6 is 23.2 Å². The van der Waals surface area contributed by atoms with Crippen molar-refractivity contribution in [1.29, 1.82) is 0 Å². The van der Waals surface area contributed by atoms with Gasteiger partial charge in [0.2, 0.25) is 5.91 Å². The second-order valence-electron chi connectivity index (χ2n) is 6.80. The van der Waals surface area contributed by atoms with Gasteiger partial charge < -0.3 is 9.64 Å². The molecule has 3 rings (SSSR count). The molecular formula is C20H24Cl2N4O2. The number of halogens is 2. The Morgan fingerprint density at radius 2 is 2.04 bits per heavy atom. The average molecular weight is 423 g/mol. The lowest BCUT2D eigenvalue weighted by atomic mass is 9.87. The molecule has 150 valence electrons. The highest BCUT2D eigenvalue weighted by Crippen LogP contribution is 2.38. The Bertz CT molecular complexity index is 881. The number of rotatable bonds is 7. The predicted octanol–water partition coefficient (Wildman–Crippen LogP) is 4.39. The second-order valence-corrected chi connectivity index (χ2v) is 7.62. The van der Waals surface area contributed by atoms with Crippen molar-refractivity contribution >= 4 is 40.6 Å². The van der Waals surface area contributed by atoms with Crippen LogP contribution in [0.15, 0.2) is 35.5 Å². The summed E-state index contributed by atoms with van der Waals surface area (Å²) in [5, 5.41) is 5.36. The highest BCUT2D eigenvalue weighted by molar-refractivity contribution is 6.42. The van der Waals surface area contributed by atoms with Crippen LogP contribution in [-0.4, -0.2) is 53.1 Å². The lowest BCUT2D eigenvalue weighted by Gasteiger charge is -2.35. The van der Waals surface area contributed by atoms with E-state index in [1.54, 1.807) is 30.1 Å². The number of nitrogens with zero attached hydrogens (tertiary/aromatic N) is 4. The molecule has 0 radical (unpaired) electrons. The van der Waals surface area contributed by atoms with Gasteiger partial charge >= 0.3 is 0 Å². The Balaban J connectivity index is 2.05. The molecule has 8 heteroatoms. The van der Waals surface area contributed by atoms with Gasteiger partial charge in [-0.25, -0.2) is 9.67 Å². The Kier molecular flexibility index (Phi) is 6.75. The monoisotopic (exact) mass is 422 g/mol. The first-order valence-electron chi connectivity index (χ1n) is 9.29. The summed E-state index contributed by atoms with van der Waals surface area (Å²) in [4.78, 5) is 20.0. The van der Waals surface area contributed by atoms with E-state index in [4.69, 9.17) is 27.9 Å². The molecule has 2 atom stereocenters. The summed E-state index contributed by atoms with van der Waals surface area (Å²) in [6.07, 6.45) is 2.56. The van der Waals surface area contributed by atoms with Crippen molar-refractivity contribution in [3.05, 3.63) is 46.1 Å². The van der Waals surface area contributed by atoms with Crippen LogP contribution in [0, 0.1) is 5.92 Å². The highest BCUT2D eigenvalue weighted by atomic mass is 35.5. The number of aliphatic imine (C=N–C) groups is 1. The summed E-state index contributed by atoms with van der Waals surface area (Å²) >= 11 is 12.4. The first kappa shape index (κ1) is 20.8. The number of carbonyl (C=O) groups is 1. The van der Waals surface area contributed by atoms with Crippen molar-refractivity contribution in [3.63, 3.8) is 0 Å². The summed E-state index contributed by atoms with van der Waals surface area (Å²) in [5.41, 5.74) is 1.63. The Morgan fingerprint density at radius 3 is 2.71 bits per heavy atom. The van der Waals surface area contributed by atoms with Crippen LogP contribution in [0.4, 0.5) is 5.82 Å². The molecule has 0 aliphatic carbocycles. The van der Waals surface area contributed by atoms with Gasteiger partial charge in [-0.3, -0.25) is 4.79 Å². The van der Waals surface area contributed by atoms with Crippen LogP contribution in [0.1, 0.15) is 31.9 Å². The van der Waals surface area contributed by atoms with Crippen LogP contribution < -0.4 is 0 Å². The Hall–Kier alpha value is -1.89. The molecule has 1 aliphatic rings. The fourth-order valence-electron chi connectivity index (χ4n) is 3.57. The van der Waals surface area contributed by atoms with Crippen LogP contribution in [0.25, 0.3) is 0 Å². The molecule has 6 nitrogen and oxygen atoms in total. The van der Waals surface area contributed by atoms with Crippen LogP contribution in [-0.2, 0) is 9.53 Å². The Labute approximate surface area is 175 Å². The number of amides is 1. The molecule has 2 unspecified atom stereocenters. The molecule has 0 saturated carbocycles. The van der Waals surface area contributed by atoms with Crippen LogP contribution in [0.5, 0.6) is 0 Å². The lowest BCUT2D eigenvalue weighted by molar-refractivity contribution is -0.135. The molecule has 0 N–H and O–H groups in total. The van der Waals surface area contributed by atoms with Gasteiger partial charge in [0.25, 0.3) is 0 Å². The van der Waals surface area contributed by atoms with E-state index in [1.807, 2.05) is 24.0 Å². The third kappa shape index (κ3) is 4.09. The zero-order chi connectivity index (χ0) is 20.3. The van der Waals surface area contributed by atoms with Crippen molar-refractivity contribution in [2.24, 2.45) is 10.9 Å². The molecule has 1 aliphatic heterocycles. The van der Waals surface area contributed by atoms with E-state index in [-0.39, 0.29) is 11.9 Å². The largest absolute Gasteiger partial charge is 0.383 e. The van der Waals surface area contributed by atoms with E-state index in [2.05, 4.69) is 17.0 Å². The number of hydrogen-bond acceptors (Lipinski definition) is 4. The maximum absolute atomic E-state index is 13.6. The highest BCUT2D eigenvalue weighted by Gasteiger charge is 2.40. The number of carbonyl (C=O) groups excluding carboxylic acids is 1. The van der Waals surface area contributed by atoms with E-state index in [1.165, 1.54) is 0 Å². The van der Waals surface area contributed by atoms with Crippen molar-refractivity contribution in [1.82, 2.24) is 14.7 Å². The molecule has 0 bridgehead atoms. The summed E-state index contributed by atoms with van der Waals surface area (Å²) in [6.45, 7) is 5.62. The number of benzene rings is 1. The van der Waals surface area contributed by atoms with E-state index in [9.17, 15) is 4.79 Å². The number of ether oxygens (including phenoxy) is 1. The smallest absolute Gasteiger partial charge is 0.233 e. The summed E-state index contributed by atoms with van der Waals surface area (Å²) < 4.78 is 6.98. The molecule has 2 heterocycles. The lowest BCUT2D eigenvalue weighted by Crippen LogP contribution is -2.46. The fourth-order valence-corrected chi connectivity index (χ4v) is 3.88. The maximum atomic E-state index is 13.6. The molecule has 28 heavy (non-hydrogen) atoms. The number of fused-ring (bicyclic) bond motifs is 1. The molecule has 1 aromatic heterocycles. The van der Waals surface area contributed by atoms with Gasteiger partial charge in [-0.05, 0) is 31.0 Å². The molecule has 0 fully saturated rings. The minimum absolute atomic E-state index is 0.0115. The quantitative estimate of drug-likeness (QED) is 0.664. The minimum Gasteiger partial charge on any atom is -0.383 e. The predicted molar refractivity (Wildman–Crippen MR) is 112 cm³/mol. The van der Waals surface area contributed by atoms with Gasteiger partial charge in [-0.1, -0.05) is 36.2 Å². The number of methoxy groups -OCH3 is 1. The van der Waals surface area contributed by atoms with Gasteiger partial charge in [0, 0.05) is 32.0 Å². The third-order valence-electron chi connectivity index (χ3n) is 4.89. The van der Waals surface area contributed by atoms with Gasteiger partial charge in [-0.15, -0.1) is 0 Å². The van der Waals surface area contributed by atoms with Gasteiger partial charge in [0.15, 0.2) is 5.82 Å². The zero-order valence-corrected chi connectivity index (χ0v) is 17.7. The summed E-state index contributed by atoms with van der Waals surface area (Å²) in [6, 6.07) is 6.94. The SMILES string of the molecule is CCCN(CCOC)C(=O)C1C(C)=Nc2ccnn2C1c1ccc(Cl)c(Cl)c1. The third-order valence-corrected chi connectivity index (χ3v) is 5.63. The van der Waals surface area contributed by atoms with Crippen LogP contribution in [0.3, 0.4) is 0 Å². The van der Waals surface area contributed by atoms with Crippen molar-refractivity contribution in [3.8, 4) is 0 Å². The summed E-state index contributed by atoms with van der Waals surface area (Å²) in [7, 11) is 1.64. The van der Waals surface area contributed by atoms with Gasteiger partial charge in [-0.2, -0.15) is 5.10 Å². The normalized spacial score (nSPS) is 18.5. The minimum atomic E-state index is -0.479. The van der Waals surface area contributed by atoms with Crippen molar-refractivity contribution in [2.75, 3.05) is 26.8 Å². The molecule has 1 amide bonds. The fraction of sp³-hybridized carbons (Fsp3) is 0.450. The van der Waals surface area contributed by atoms with Crippen molar-refractivity contribution in [2.45, 2.75) is 26.3 Å². The maximum Gasteiger partial charge on any atom is 0.233 e. The van der Waals surface area contributed by atoms with E-state index >= 15 is 0 Å². The van der Waals surface area contributed by atoms with Crippen molar-refractivity contribution < 1.29 is 9.53 Å². The molecule has 0 saturated heterocycles. The standard InChI is InChI=1S/C20H24Cl2N4O2/c1-4-9-25(10-11-28-3)20(27)18-13(2)24-17-7-8-23-26(17)19(18)14-5-6-15(21)16(22)12-14/h5-8,12,18-19H,4,9-11H2,1-3H3.